The summed E-state index contributed by atoms with van der Waals surface area (Å²) in [7, 11) is -3.52. The van der Waals surface area contributed by atoms with Gasteiger partial charge in [0, 0.05) is 11.6 Å². The molecular formula is C16H16N2O3S2. The number of sulfone groups is 1. The summed E-state index contributed by atoms with van der Waals surface area (Å²) in [6.07, 6.45) is 1.05. The minimum atomic E-state index is -3.52. The number of carbonyl (C=O) groups is 1. The summed E-state index contributed by atoms with van der Waals surface area (Å²) < 4.78 is 22.9. The fourth-order valence-corrected chi connectivity index (χ4v) is 3.40. The first-order valence-electron chi connectivity index (χ1n) is 6.99. The van der Waals surface area contributed by atoms with Crippen molar-refractivity contribution in [2.75, 3.05) is 11.6 Å². The third kappa shape index (κ3) is 2.70. The maximum Gasteiger partial charge on any atom is 0.247 e. The van der Waals surface area contributed by atoms with Gasteiger partial charge < -0.3 is 5.32 Å². The largest absolute Gasteiger partial charge is 0.301 e. The van der Waals surface area contributed by atoms with E-state index < -0.39 is 20.5 Å². The second-order valence-corrected chi connectivity index (χ2v) is 9.48. The maximum atomic E-state index is 12.3. The van der Waals surface area contributed by atoms with E-state index in [2.05, 4.69) is 10.3 Å². The third-order valence-electron chi connectivity index (χ3n) is 3.98. The maximum absolute atomic E-state index is 12.3. The highest BCUT2D eigenvalue weighted by atomic mass is 32.2. The smallest absolute Gasteiger partial charge is 0.247 e. The van der Waals surface area contributed by atoms with Gasteiger partial charge in [-0.05, 0) is 25.3 Å². The summed E-state index contributed by atoms with van der Waals surface area (Å²) >= 11 is 1.33. The van der Waals surface area contributed by atoms with Gasteiger partial charge in [0.15, 0.2) is 15.0 Å². The Balaban J connectivity index is 2.02. The van der Waals surface area contributed by atoms with E-state index in [4.69, 9.17) is 0 Å². The molecule has 1 N–H and O–H groups in total. The first kappa shape index (κ1) is 15.9. The molecule has 0 bridgehead atoms. The Bertz CT molecular complexity index is 1020. The van der Waals surface area contributed by atoms with Gasteiger partial charge >= 0.3 is 0 Å². The van der Waals surface area contributed by atoms with Crippen LogP contribution in [0, 0.1) is 0 Å². The number of amides is 1. The highest BCUT2D eigenvalue weighted by Gasteiger charge is 2.38. The van der Waals surface area contributed by atoms with Crippen molar-refractivity contribution in [3.63, 3.8) is 0 Å². The Hall–Kier alpha value is -1.99. The van der Waals surface area contributed by atoms with Crippen molar-refractivity contribution in [1.29, 1.82) is 0 Å². The van der Waals surface area contributed by atoms with Gasteiger partial charge in [0.1, 0.15) is 4.75 Å². The molecule has 5 nitrogen and oxygen atoms in total. The molecule has 0 spiro atoms. The molecular weight excluding hydrogens is 332 g/mol. The minimum Gasteiger partial charge on any atom is -0.301 e. The zero-order valence-corrected chi connectivity index (χ0v) is 14.6. The third-order valence-corrected chi connectivity index (χ3v) is 6.95. The molecule has 2 aromatic carbocycles. The standard InChI is InChI=1S/C16H16N2O3S2/c1-16(2,23(3,20)21)14(19)18-15-17-13-11-7-5-4-6-10(11)8-9-12(13)22-15/h4-9H,1-3H3,(H,17,18,19). The molecule has 7 heteroatoms. The van der Waals surface area contributed by atoms with E-state index >= 15 is 0 Å². The van der Waals surface area contributed by atoms with Gasteiger partial charge in [0.05, 0.1) is 10.2 Å². The van der Waals surface area contributed by atoms with Gasteiger partial charge in [-0.25, -0.2) is 13.4 Å². The van der Waals surface area contributed by atoms with Crippen molar-refractivity contribution in [3.05, 3.63) is 36.4 Å². The molecule has 0 saturated heterocycles. The van der Waals surface area contributed by atoms with E-state index in [9.17, 15) is 13.2 Å². The summed E-state index contributed by atoms with van der Waals surface area (Å²) in [6.45, 7) is 2.78. The predicted octanol–water partition coefficient (Wildman–Crippen LogP) is 3.21. The molecule has 0 fully saturated rings. The summed E-state index contributed by atoms with van der Waals surface area (Å²) in [5.41, 5.74) is 0.806. The Labute approximate surface area is 138 Å². The molecule has 1 aromatic heterocycles. The van der Waals surface area contributed by atoms with Crippen LogP contribution in [-0.2, 0) is 14.6 Å². The van der Waals surface area contributed by atoms with E-state index in [0.717, 1.165) is 27.2 Å². The molecule has 3 aromatic rings. The second-order valence-electron chi connectivity index (χ2n) is 5.89. The topological polar surface area (TPSA) is 76.1 Å². The molecule has 3 rings (SSSR count). The minimum absolute atomic E-state index is 0.401. The molecule has 23 heavy (non-hydrogen) atoms. The Kier molecular flexibility index (Phi) is 3.65. The van der Waals surface area contributed by atoms with Gasteiger partial charge in [0.2, 0.25) is 5.91 Å². The van der Waals surface area contributed by atoms with Gasteiger partial charge in [-0.1, -0.05) is 41.7 Å². The number of aromatic nitrogens is 1. The Morgan fingerprint density at radius 2 is 1.87 bits per heavy atom. The van der Waals surface area contributed by atoms with Crippen LogP contribution in [0.2, 0.25) is 0 Å². The lowest BCUT2D eigenvalue weighted by molar-refractivity contribution is -0.117. The lowest BCUT2D eigenvalue weighted by atomic mass is 10.1. The summed E-state index contributed by atoms with van der Waals surface area (Å²) in [5, 5.41) is 5.11. The number of hydrogen-bond acceptors (Lipinski definition) is 5. The molecule has 0 aliphatic carbocycles. The fraction of sp³-hybridized carbons (Fsp3) is 0.250. The normalized spacial score (nSPS) is 12.7. The van der Waals surface area contributed by atoms with Crippen LogP contribution in [0.25, 0.3) is 21.0 Å². The molecule has 1 heterocycles. The van der Waals surface area contributed by atoms with E-state index in [1.165, 1.54) is 25.2 Å². The van der Waals surface area contributed by atoms with Gasteiger partial charge in [-0.2, -0.15) is 0 Å². The quantitative estimate of drug-likeness (QED) is 0.788. The number of fused-ring (bicyclic) bond motifs is 3. The monoisotopic (exact) mass is 348 g/mol. The molecule has 1 amide bonds. The zero-order valence-electron chi connectivity index (χ0n) is 13.0. The van der Waals surface area contributed by atoms with Crippen LogP contribution in [-0.4, -0.2) is 30.3 Å². The lowest BCUT2D eigenvalue weighted by Crippen LogP contribution is -2.43. The SMILES string of the molecule is CC(C)(C(=O)Nc1nc2c(ccc3ccccc32)s1)S(C)(=O)=O. The number of nitrogens with zero attached hydrogens (tertiary/aromatic N) is 1. The van der Waals surface area contributed by atoms with Crippen molar-refractivity contribution in [2.24, 2.45) is 0 Å². The summed E-state index contributed by atoms with van der Waals surface area (Å²) in [5.74, 6) is -0.580. The first-order chi connectivity index (χ1) is 10.7. The van der Waals surface area contributed by atoms with E-state index in [0.29, 0.717) is 5.13 Å². The number of rotatable bonds is 3. The highest BCUT2D eigenvalue weighted by molar-refractivity contribution is 7.92. The zero-order chi connectivity index (χ0) is 16.8. The van der Waals surface area contributed by atoms with Crippen LogP contribution >= 0.6 is 11.3 Å². The number of nitrogens with one attached hydrogen (secondary N) is 1. The second kappa shape index (κ2) is 5.28. The van der Waals surface area contributed by atoms with Crippen molar-refractivity contribution in [1.82, 2.24) is 4.98 Å². The summed E-state index contributed by atoms with van der Waals surface area (Å²) in [4.78, 5) is 16.8. The molecule has 0 unspecified atom stereocenters. The van der Waals surface area contributed by atoms with Crippen LogP contribution < -0.4 is 5.32 Å². The summed E-state index contributed by atoms with van der Waals surface area (Å²) in [6, 6.07) is 11.8. The molecule has 0 aliphatic rings. The molecule has 0 atom stereocenters. The lowest BCUT2D eigenvalue weighted by Gasteiger charge is -2.20. The van der Waals surface area contributed by atoms with Crippen LogP contribution in [0.15, 0.2) is 36.4 Å². The number of benzene rings is 2. The van der Waals surface area contributed by atoms with E-state index in [1.807, 2.05) is 36.4 Å². The van der Waals surface area contributed by atoms with Crippen LogP contribution in [0.1, 0.15) is 13.8 Å². The first-order valence-corrected chi connectivity index (χ1v) is 9.70. The Morgan fingerprint density at radius 1 is 1.17 bits per heavy atom. The number of carbonyl (C=O) groups excluding carboxylic acids is 1. The molecule has 0 radical (unpaired) electrons. The number of thiazole rings is 1. The van der Waals surface area contributed by atoms with E-state index in [1.54, 1.807) is 0 Å². The molecule has 120 valence electrons. The fourth-order valence-electron chi connectivity index (χ4n) is 2.13. The van der Waals surface area contributed by atoms with Crippen molar-refractivity contribution in [2.45, 2.75) is 18.6 Å². The van der Waals surface area contributed by atoms with Crippen LogP contribution in [0.3, 0.4) is 0 Å². The van der Waals surface area contributed by atoms with Crippen molar-refractivity contribution < 1.29 is 13.2 Å². The van der Waals surface area contributed by atoms with E-state index in [-0.39, 0.29) is 0 Å². The average Bonchev–Trinajstić information content (AvgIpc) is 2.88. The van der Waals surface area contributed by atoms with Gasteiger partial charge in [0.25, 0.3) is 0 Å². The number of hydrogen-bond donors (Lipinski definition) is 1. The van der Waals surface area contributed by atoms with Crippen molar-refractivity contribution >= 4 is 53.2 Å². The molecule has 0 saturated carbocycles. The number of anilines is 1. The van der Waals surface area contributed by atoms with Crippen LogP contribution in [0.5, 0.6) is 0 Å². The van der Waals surface area contributed by atoms with Crippen LogP contribution in [0.4, 0.5) is 5.13 Å². The highest BCUT2D eigenvalue weighted by Crippen LogP contribution is 2.32. The predicted molar refractivity (Wildman–Crippen MR) is 94.7 cm³/mol. The molecule has 0 aliphatic heterocycles. The average molecular weight is 348 g/mol. The van der Waals surface area contributed by atoms with Gasteiger partial charge in [-0.15, -0.1) is 0 Å². The van der Waals surface area contributed by atoms with Gasteiger partial charge in [-0.3, -0.25) is 4.79 Å². The van der Waals surface area contributed by atoms with Crippen molar-refractivity contribution in [3.8, 4) is 0 Å². The Morgan fingerprint density at radius 3 is 2.57 bits per heavy atom.